The number of aromatic hydroxyl groups is 1. The lowest BCUT2D eigenvalue weighted by molar-refractivity contribution is 0.450. The summed E-state index contributed by atoms with van der Waals surface area (Å²) in [7, 11) is 0. The smallest absolute Gasteiger partial charge is 0.328 e. The van der Waals surface area contributed by atoms with Crippen LogP contribution in [-0.2, 0) is 0 Å². The molecule has 0 atom stereocenters. The fourth-order valence-electron chi connectivity index (χ4n) is 1.14. The molecule has 19 heavy (non-hydrogen) atoms. The van der Waals surface area contributed by atoms with E-state index in [1.165, 1.54) is 0 Å². The highest BCUT2D eigenvalue weighted by atomic mass is 16.3. The molecule has 5 N–H and O–H groups in total. The number of azo groups is 1. The summed E-state index contributed by atoms with van der Waals surface area (Å²) in [6.07, 6.45) is 0.974. The first-order valence-electron chi connectivity index (χ1n) is 4.76. The van der Waals surface area contributed by atoms with Gasteiger partial charge in [-0.1, -0.05) is 0 Å². The summed E-state index contributed by atoms with van der Waals surface area (Å²) in [6.45, 7) is 0. The minimum Gasteiger partial charge on any atom is -0.493 e. The molecular formula is C8H6N6O5. The van der Waals surface area contributed by atoms with Crippen LogP contribution in [0.25, 0.3) is 0 Å². The van der Waals surface area contributed by atoms with Gasteiger partial charge in [-0.05, 0) is 0 Å². The first kappa shape index (κ1) is 12.2. The van der Waals surface area contributed by atoms with Crippen molar-refractivity contribution in [2.45, 2.75) is 0 Å². The summed E-state index contributed by atoms with van der Waals surface area (Å²) in [5, 5.41) is 16.0. The van der Waals surface area contributed by atoms with Crippen LogP contribution in [0.4, 0.5) is 11.4 Å². The Bertz CT molecular complexity index is 868. The molecule has 0 saturated heterocycles. The lowest BCUT2D eigenvalue weighted by Gasteiger charge is -1.94. The highest BCUT2D eigenvalue weighted by Crippen LogP contribution is 2.17. The lowest BCUT2D eigenvalue weighted by Crippen LogP contribution is -2.21. The van der Waals surface area contributed by atoms with Crippen molar-refractivity contribution in [3.8, 4) is 5.88 Å². The maximum atomic E-state index is 11.3. The minimum absolute atomic E-state index is 0.287. The van der Waals surface area contributed by atoms with E-state index in [4.69, 9.17) is 0 Å². The van der Waals surface area contributed by atoms with Gasteiger partial charge in [-0.15, -0.1) is 10.2 Å². The molecule has 0 spiro atoms. The van der Waals surface area contributed by atoms with Crippen molar-refractivity contribution in [3.63, 3.8) is 0 Å². The molecule has 0 amide bonds. The second-order valence-electron chi connectivity index (χ2n) is 3.26. The van der Waals surface area contributed by atoms with E-state index in [9.17, 15) is 24.3 Å². The topological polar surface area (TPSA) is 176 Å². The van der Waals surface area contributed by atoms with Gasteiger partial charge in [0.25, 0.3) is 11.1 Å². The molecule has 2 rings (SSSR count). The van der Waals surface area contributed by atoms with Gasteiger partial charge in [0.1, 0.15) is 0 Å². The average molecular weight is 266 g/mol. The van der Waals surface area contributed by atoms with Gasteiger partial charge in [-0.25, -0.2) is 9.59 Å². The Hall–Kier alpha value is -3.24. The minimum atomic E-state index is -0.981. The molecule has 2 aromatic rings. The normalized spacial score (nSPS) is 10.9. The Morgan fingerprint density at radius 1 is 0.895 bits per heavy atom. The zero-order valence-corrected chi connectivity index (χ0v) is 9.05. The Labute approximate surface area is 101 Å². The lowest BCUT2D eigenvalue weighted by atomic mass is 10.5. The average Bonchev–Trinajstić information content (AvgIpc) is 2.30. The number of hydrogen-bond acceptors (Lipinski definition) is 7. The van der Waals surface area contributed by atoms with Crippen LogP contribution < -0.4 is 22.5 Å². The zero-order valence-electron chi connectivity index (χ0n) is 9.05. The maximum Gasteiger partial charge on any atom is 0.328 e. The molecule has 0 aliphatic heterocycles. The number of aromatic amines is 4. The molecule has 98 valence electrons. The molecule has 0 aliphatic carbocycles. The van der Waals surface area contributed by atoms with E-state index >= 15 is 0 Å². The van der Waals surface area contributed by atoms with Crippen LogP contribution in [0.3, 0.4) is 0 Å². The van der Waals surface area contributed by atoms with Crippen LogP contribution in [0.2, 0.25) is 0 Å². The largest absolute Gasteiger partial charge is 0.493 e. The fraction of sp³-hybridized carbons (Fsp3) is 0. The van der Waals surface area contributed by atoms with Crippen LogP contribution in [0.5, 0.6) is 5.88 Å². The predicted octanol–water partition coefficient (Wildman–Crippen LogP) is -1.44. The van der Waals surface area contributed by atoms with Crippen molar-refractivity contribution in [2.75, 3.05) is 0 Å². The van der Waals surface area contributed by atoms with Crippen molar-refractivity contribution in [3.05, 3.63) is 47.9 Å². The standard InChI is InChI=1S/C8H6N6O5/c15-4-2(1-9-7(18)10-4)13-14-3-5(16)11-8(19)12-6(3)17/h1H,(H2,9,10,15,18)(H3,11,12,16,17,19). The molecule has 0 radical (unpaired) electrons. The van der Waals surface area contributed by atoms with Crippen molar-refractivity contribution in [1.82, 2.24) is 19.9 Å². The van der Waals surface area contributed by atoms with Crippen molar-refractivity contribution < 1.29 is 5.11 Å². The summed E-state index contributed by atoms with van der Waals surface area (Å²) in [4.78, 5) is 51.8. The van der Waals surface area contributed by atoms with E-state index in [0.29, 0.717) is 0 Å². The zero-order chi connectivity index (χ0) is 14.0. The van der Waals surface area contributed by atoms with Gasteiger partial charge >= 0.3 is 11.4 Å². The van der Waals surface area contributed by atoms with Gasteiger partial charge in [0, 0.05) is 6.20 Å². The number of H-pyrrole nitrogens is 4. The molecule has 0 fully saturated rings. The van der Waals surface area contributed by atoms with E-state index in [2.05, 4.69) is 15.2 Å². The molecule has 2 aromatic heterocycles. The van der Waals surface area contributed by atoms with Crippen LogP contribution in [0, 0.1) is 0 Å². The predicted molar refractivity (Wildman–Crippen MR) is 61.2 cm³/mol. The van der Waals surface area contributed by atoms with E-state index in [1.54, 1.807) is 0 Å². The van der Waals surface area contributed by atoms with Crippen LogP contribution in [0.1, 0.15) is 0 Å². The molecule has 0 saturated carbocycles. The third kappa shape index (κ3) is 2.54. The quantitative estimate of drug-likeness (QED) is 0.417. The second kappa shape index (κ2) is 4.56. The Morgan fingerprint density at radius 2 is 1.58 bits per heavy atom. The Kier molecular flexibility index (Phi) is 2.93. The molecule has 0 aromatic carbocycles. The van der Waals surface area contributed by atoms with Gasteiger partial charge in [0.05, 0.1) is 0 Å². The van der Waals surface area contributed by atoms with E-state index in [0.717, 1.165) is 6.20 Å². The van der Waals surface area contributed by atoms with Crippen LogP contribution in [-0.4, -0.2) is 25.0 Å². The monoisotopic (exact) mass is 266 g/mol. The van der Waals surface area contributed by atoms with Crippen LogP contribution >= 0.6 is 0 Å². The summed E-state index contributed by atoms with van der Waals surface area (Å²) in [5.41, 5.74) is -4.31. The number of rotatable bonds is 2. The molecule has 11 heteroatoms. The van der Waals surface area contributed by atoms with E-state index in [1.807, 2.05) is 15.0 Å². The van der Waals surface area contributed by atoms with Gasteiger partial charge in [0.2, 0.25) is 11.6 Å². The molecule has 0 unspecified atom stereocenters. The number of nitrogens with one attached hydrogen (secondary N) is 4. The van der Waals surface area contributed by atoms with Crippen molar-refractivity contribution in [2.24, 2.45) is 10.2 Å². The van der Waals surface area contributed by atoms with Gasteiger partial charge < -0.3 is 10.1 Å². The van der Waals surface area contributed by atoms with E-state index in [-0.39, 0.29) is 5.69 Å². The molecule has 2 heterocycles. The second-order valence-corrected chi connectivity index (χ2v) is 3.26. The van der Waals surface area contributed by atoms with Gasteiger partial charge in [-0.3, -0.25) is 24.5 Å². The molecular weight excluding hydrogens is 260 g/mol. The first-order valence-corrected chi connectivity index (χ1v) is 4.76. The van der Waals surface area contributed by atoms with Crippen molar-refractivity contribution in [1.29, 1.82) is 0 Å². The Balaban J connectivity index is 2.49. The molecule has 0 bridgehead atoms. The van der Waals surface area contributed by atoms with Gasteiger partial charge in [-0.2, -0.15) is 0 Å². The first-order chi connectivity index (χ1) is 8.97. The third-order valence-electron chi connectivity index (χ3n) is 1.96. The number of nitrogens with zero attached hydrogens (tertiary/aromatic N) is 2. The van der Waals surface area contributed by atoms with E-state index < -0.39 is 34.1 Å². The Morgan fingerprint density at radius 3 is 2.21 bits per heavy atom. The molecule has 0 aliphatic rings. The number of hydrogen-bond donors (Lipinski definition) is 5. The maximum absolute atomic E-state index is 11.3. The highest BCUT2D eigenvalue weighted by molar-refractivity contribution is 5.43. The molecule has 11 nitrogen and oxygen atoms in total. The summed E-state index contributed by atoms with van der Waals surface area (Å²) in [5.74, 6) is -0.793. The fourth-order valence-corrected chi connectivity index (χ4v) is 1.14. The SMILES string of the molecule is O=c1[nH]cc(N=Nc2c(O)[nH]c(=O)[nH]c2=O)c(=O)[nH]1. The third-order valence-corrected chi connectivity index (χ3v) is 1.96. The summed E-state index contributed by atoms with van der Waals surface area (Å²) in [6, 6.07) is 0. The van der Waals surface area contributed by atoms with Crippen LogP contribution in [0.15, 0.2) is 35.6 Å². The number of aromatic nitrogens is 4. The summed E-state index contributed by atoms with van der Waals surface area (Å²) >= 11 is 0. The van der Waals surface area contributed by atoms with Gasteiger partial charge in [0.15, 0.2) is 5.69 Å². The summed E-state index contributed by atoms with van der Waals surface area (Å²) < 4.78 is 0. The van der Waals surface area contributed by atoms with Crippen molar-refractivity contribution >= 4 is 11.4 Å². The highest BCUT2D eigenvalue weighted by Gasteiger charge is 2.07.